The van der Waals surface area contributed by atoms with Gasteiger partial charge in [-0.3, -0.25) is 4.79 Å². The van der Waals surface area contributed by atoms with Crippen LogP contribution in [-0.4, -0.2) is 21.6 Å². The molecule has 0 radical (unpaired) electrons. The maximum absolute atomic E-state index is 12.0. The first-order valence-electron chi connectivity index (χ1n) is 6.10. The van der Waals surface area contributed by atoms with Crippen LogP contribution in [-0.2, 0) is 7.05 Å². The predicted molar refractivity (Wildman–Crippen MR) is 73.4 cm³/mol. The number of hydrogen-bond donors (Lipinski definition) is 1. The molecule has 2 aromatic rings. The average molecular weight is 259 g/mol. The lowest BCUT2D eigenvalue weighted by atomic mass is 10.3. The molecule has 0 saturated carbocycles. The fourth-order valence-corrected chi connectivity index (χ4v) is 1.66. The number of aryl methyl sites for hydroxylation is 1. The molecule has 0 aliphatic carbocycles. The van der Waals surface area contributed by atoms with Gasteiger partial charge in [-0.1, -0.05) is 0 Å². The molecule has 0 spiro atoms. The molecule has 0 unspecified atom stereocenters. The predicted octanol–water partition coefficient (Wildman–Crippen LogP) is 2.46. The molecule has 0 fully saturated rings. The van der Waals surface area contributed by atoms with Gasteiger partial charge < -0.3 is 14.6 Å². The molecule has 1 aromatic heterocycles. The lowest BCUT2D eigenvalue weighted by Gasteiger charge is -2.10. The van der Waals surface area contributed by atoms with Crippen LogP contribution in [0.15, 0.2) is 36.8 Å². The highest BCUT2D eigenvalue weighted by molar-refractivity contribution is 6.02. The Balaban J connectivity index is 2.04. The van der Waals surface area contributed by atoms with E-state index in [0.29, 0.717) is 5.69 Å². The van der Waals surface area contributed by atoms with Crippen LogP contribution in [0.25, 0.3) is 0 Å². The highest BCUT2D eigenvalue weighted by atomic mass is 16.5. The van der Waals surface area contributed by atoms with E-state index >= 15 is 0 Å². The van der Waals surface area contributed by atoms with Crippen molar-refractivity contribution in [3.63, 3.8) is 0 Å². The highest BCUT2D eigenvalue weighted by Crippen LogP contribution is 2.17. The van der Waals surface area contributed by atoms with Crippen molar-refractivity contribution in [2.75, 3.05) is 5.32 Å². The largest absolute Gasteiger partial charge is 0.491 e. The van der Waals surface area contributed by atoms with Crippen molar-refractivity contribution in [1.82, 2.24) is 9.55 Å². The van der Waals surface area contributed by atoms with Gasteiger partial charge in [-0.15, -0.1) is 0 Å². The maximum Gasteiger partial charge on any atom is 0.273 e. The van der Waals surface area contributed by atoms with Crippen LogP contribution in [0, 0.1) is 0 Å². The van der Waals surface area contributed by atoms with E-state index in [1.165, 1.54) is 6.20 Å². The number of hydrogen-bond acceptors (Lipinski definition) is 3. The number of amides is 1. The number of anilines is 1. The minimum Gasteiger partial charge on any atom is -0.491 e. The first-order valence-corrected chi connectivity index (χ1v) is 6.10. The van der Waals surface area contributed by atoms with Gasteiger partial charge >= 0.3 is 0 Å². The summed E-state index contributed by atoms with van der Waals surface area (Å²) in [5.74, 6) is 0.603. The average Bonchev–Trinajstić information content (AvgIpc) is 2.77. The minimum absolute atomic E-state index is 0.134. The Morgan fingerprint density at radius 2 is 2.00 bits per heavy atom. The Kier molecular flexibility index (Phi) is 3.85. The molecule has 0 aliphatic heterocycles. The normalized spacial score (nSPS) is 10.5. The second-order valence-electron chi connectivity index (χ2n) is 4.53. The van der Waals surface area contributed by atoms with Crippen molar-refractivity contribution >= 4 is 11.6 Å². The summed E-state index contributed by atoms with van der Waals surface area (Å²) in [5, 5.41) is 2.81. The van der Waals surface area contributed by atoms with Crippen LogP contribution in [0.2, 0.25) is 0 Å². The molecular weight excluding hydrogens is 242 g/mol. The van der Waals surface area contributed by atoms with E-state index in [1.54, 1.807) is 17.9 Å². The van der Waals surface area contributed by atoms with Gasteiger partial charge in [0.15, 0.2) is 0 Å². The van der Waals surface area contributed by atoms with Gasteiger partial charge in [-0.05, 0) is 38.1 Å². The highest BCUT2D eigenvalue weighted by Gasteiger charge is 2.09. The summed E-state index contributed by atoms with van der Waals surface area (Å²) in [6, 6.07) is 7.29. The Hall–Kier alpha value is -2.30. The molecule has 1 heterocycles. The molecule has 1 N–H and O–H groups in total. The van der Waals surface area contributed by atoms with Crippen molar-refractivity contribution in [1.29, 1.82) is 0 Å². The van der Waals surface area contributed by atoms with E-state index in [9.17, 15) is 4.79 Å². The monoisotopic (exact) mass is 259 g/mol. The zero-order valence-electron chi connectivity index (χ0n) is 11.3. The lowest BCUT2D eigenvalue weighted by molar-refractivity contribution is 0.101. The topological polar surface area (TPSA) is 56.1 Å². The van der Waals surface area contributed by atoms with Gasteiger partial charge in [0.25, 0.3) is 5.91 Å². The molecule has 100 valence electrons. The van der Waals surface area contributed by atoms with Crippen LogP contribution >= 0.6 is 0 Å². The van der Waals surface area contributed by atoms with Crippen molar-refractivity contribution in [3.8, 4) is 5.75 Å². The number of nitrogens with one attached hydrogen (secondary N) is 1. The number of carbonyl (C=O) groups is 1. The number of nitrogens with zero attached hydrogens (tertiary/aromatic N) is 2. The first kappa shape index (κ1) is 13.1. The van der Waals surface area contributed by atoms with E-state index in [0.717, 1.165) is 11.4 Å². The summed E-state index contributed by atoms with van der Waals surface area (Å²) >= 11 is 0. The third kappa shape index (κ3) is 3.34. The molecule has 0 saturated heterocycles. The maximum atomic E-state index is 12.0. The second-order valence-corrected chi connectivity index (χ2v) is 4.53. The SMILES string of the molecule is CC(C)Oc1ccc(NC(=O)c2cncn2C)cc1. The van der Waals surface area contributed by atoms with Crippen molar-refractivity contribution in [2.45, 2.75) is 20.0 Å². The lowest BCUT2D eigenvalue weighted by Crippen LogP contribution is -2.15. The second kappa shape index (κ2) is 5.56. The Labute approximate surface area is 112 Å². The zero-order chi connectivity index (χ0) is 13.8. The summed E-state index contributed by atoms with van der Waals surface area (Å²) in [4.78, 5) is 15.9. The van der Waals surface area contributed by atoms with Crippen LogP contribution in [0.1, 0.15) is 24.3 Å². The van der Waals surface area contributed by atoms with Crippen molar-refractivity contribution in [2.24, 2.45) is 7.05 Å². The number of imidazole rings is 1. The van der Waals surface area contributed by atoms with Gasteiger partial charge in [0.2, 0.25) is 0 Å². The summed E-state index contributed by atoms with van der Waals surface area (Å²) in [6.07, 6.45) is 3.26. The van der Waals surface area contributed by atoms with Crippen LogP contribution in [0.5, 0.6) is 5.75 Å². The standard InChI is InChI=1S/C14H17N3O2/c1-10(2)19-12-6-4-11(5-7-12)16-14(18)13-8-15-9-17(13)3/h4-10H,1-3H3,(H,16,18). The summed E-state index contributed by atoms with van der Waals surface area (Å²) in [5.41, 5.74) is 1.24. The molecule has 0 atom stereocenters. The van der Waals surface area contributed by atoms with Crippen molar-refractivity contribution in [3.05, 3.63) is 42.5 Å². The molecule has 5 heteroatoms. The van der Waals surface area contributed by atoms with Gasteiger partial charge in [-0.2, -0.15) is 0 Å². The molecule has 0 aliphatic rings. The zero-order valence-corrected chi connectivity index (χ0v) is 11.3. The van der Waals surface area contributed by atoms with E-state index in [4.69, 9.17) is 4.74 Å². The Bertz CT molecular complexity index is 558. The van der Waals surface area contributed by atoms with Gasteiger partial charge in [-0.25, -0.2) is 4.98 Å². The van der Waals surface area contributed by atoms with Crippen molar-refractivity contribution < 1.29 is 9.53 Å². The summed E-state index contributed by atoms with van der Waals surface area (Å²) in [7, 11) is 1.78. The van der Waals surface area contributed by atoms with Gasteiger partial charge in [0.05, 0.1) is 18.6 Å². The van der Waals surface area contributed by atoms with Crippen LogP contribution in [0.4, 0.5) is 5.69 Å². The van der Waals surface area contributed by atoms with Crippen LogP contribution in [0.3, 0.4) is 0 Å². The third-order valence-corrected chi connectivity index (χ3v) is 2.53. The number of rotatable bonds is 4. The van der Waals surface area contributed by atoms with Crippen LogP contribution < -0.4 is 10.1 Å². The molecule has 0 bridgehead atoms. The molecule has 1 amide bonds. The smallest absolute Gasteiger partial charge is 0.273 e. The molecular formula is C14H17N3O2. The fourth-order valence-electron chi connectivity index (χ4n) is 1.66. The van der Waals surface area contributed by atoms with Gasteiger partial charge in [0.1, 0.15) is 11.4 Å². The quantitative estimate of drug-likeness (QED) is 0.917. The van der Waals surface area contributed by atoms with E-state index in [-0.39, 0.29) is 12.0 Å². The molecule has 1 aromatic carbocycles. The minimum atomic E-state index is -0.183. The summed E-state index contributed by atoms with van der Waals surface area (Å²) < 4.78 is 7.21. The Morgan fingerprint density at radius 1 is 1.32 bits per heavy atom. The van der Waals surface area contributed by atoms with E-state index < -0.39 is 0 Å². The fraction of sp³-hybridized carbons (Fsp3) is 0.286. The number of carbonyl (C=O) groups excluding carboxylic acids is 1. The molecule has 2 rings (SSSR count). The van der Waals surface area contributed by atoms with E-state index in [1.807, 2.05) is 38.1 Å². The number of benzene rings is 1. The molecule has 19 heavy (non-hydrogen) atoms. The van der Waals surface area contributed by atoms with Gasteiger partial charge in [0, 0.05) is 12.7 Å². The third-order valence-electron chi connectivity index (χ3n) is 2.53. The number of aromatic nitrogens is 2. The summed E-state index contributed by atoms with van der Waals surface area (Å²) in [6.45, 7) is 3.94. The Morgan fingerprint density at radius 3 is 2.53 bits per heavy atom. The van der Waals surface area contributed by atoms with E-state index in [2.05, 4.69) is 10.3 Å². The first-order chi connectivity index (χ1) is 9.06. The number of ether oxygens (including phenoxy) is 1. The molecule has 5 nitrogen and oxygen atoms in total.